The van der Waals surface area contributed by atoms with Gasteiger partial charge in [-0.15, -0.1) is 11.3 Å². The third-order valence-corrected chi connectivity index (χ3v) is 4.14. The standard InChI is InChI=1S/C12H14BrNS/c1-2-3-9(13)8-11-10-5-7-15-12(10)4-6-14-11/h4-7,9H,2-3,8H2,1H3. The van der Waals surface area contributed by atoms with Gasteiger partial charge in [-0.25, -0.2) is 0 Å². The van der Waals surface area contributed by atoms with Gasteiger partial charge in [0, 0.05) is 27.5 Å². The van der Waals surface area contributed by atoms with E-state index in [9.17, 15) is 0 Å². The predicted molar refractivity (Wildman–Crippen MR) is 70.9 cm³/mol. The van der Waals surface area contributed by atoms with Crippen molar-refractivity contribution in [2.24, 2.45) is 0 Å². The van der Waals surface area contributed by atoms with Gasteiger partial charge in [-0.3, -0.25) is 4.98 Å². The highest BCUT2D eigenvalue weighted by Crippen LogP contribution is 2.25. The molecule has 0 saturated heterocycles. The molecule has 0 N–H and O–H groups in total. The maximum Gasteiger partial charge on any atom is 0.0501 e. The van der Waals surface area contributed by atoms with E-state index in [4.69, 9.17) is 0 Å². The Labute approximate surface area is 103 Å². The van der Waals surface area contributed by atoms with Crippen LogP contribution in [0.25, 0.3) is 10.1 Å². The minimum atomic E-state index is 0.556. The number of alkyl halides is 1. The Morgan fingerprint density at radius 1 is 1.47 bits per heavy atom. The fourth-order valence-electron chi connectivity index (χ4n) is 1.74. The fraction of sp³-hybridized carbons (Fsp3) is 0.417. The Hall–Kier alpha value is -0.410. The molecule has 2 heterocycles. The average molecular weight is 284 g/mol. The zero-order valence-electron chi connectivity index (χ0n) is 8.74. The Kier molecular flexibility index (Phi) is 3.76. The summed E-state index contributed by atoms with van der Waals surface area (Å²) in [4.78, 5) is 5.03. The summed E-state index contributed by atoms with van der Waals surface area (Å²) in [5, 5.41) is 3.46. The average Bonchev–Trinajstić information content (AvgIpc) is 2.67. The molecule has 0 amide bonds. The van der Waals surface area contributed by atoms with E-state index in [-0.39, 0.29) is 0 Å². The van der Waals surface area contributed by atoms with Crippen LogP contribution in [0.2, 0.25) is 0 Å². The highest BCUT2D eigenvalue weighted by Gasteiger charge is 2.09. The molecular weight excluding hydrogens is 270 g/mol. The highest BCUT2D eigenvalue weighted by atomic mass is 79.9. The van der Waals surface area contributed by atoms with E-state index in [1.54, 1.807) is 11.3 Å². The van der Waals surface area contributed by atoms with Crippen molar-refractivity contribution in [3.8, 4) is 0 Å². The van der Waals surface area contributed by atoms with E-state index < -0.39 is 0 Å². The number of hydrogen-bond acceptors (Lipinski definition) is 2. The second-order valence-corrected chi connectivity index (χ2v) is 5.92. The molecule has 0 aliphatic heterocycles. The van der Waals surface area contributed by atoms with Gasteiger partial charge in [0.05, 0.1) is 5.69 Å². The molecule has 80 valence electrons. The highest BCUT2D eigenvalue weighted by molar-refractivity contribution is 9.09. The Morgan fingerprint density at radius 2 is 2.33 bits per heavy atom. The van der Waals surface area contributed by atoms with Gasteiger partial charge in [0.15, 0.2) is 0 Å². The minimum Gasteiger partial charge on any atom is -0.261 e. The van der Waals surface area contributed by atoms with E-state index >= 15 is 0 Å². The molecular formula is C12H14BrNS. The van der Waals surface area contributed by atoms with Crippen molar-refractivity contribution in [1.29, 1.82) is 0 Å². The first-order valence-electron chi connectivity index (χ1n) is 5.26. The maximum absolute atomic E-state index is 4.48. The van der Waals surface area contributed by atoms with Crippen LogP contribution < -0.4 is 0 Å². The summed E-state index contributed by atoms with van der Waals surface area (Å²) >= 11 is 5.50. The van der Waals surface area contributed by atoms with Crippen LogP contribution in [0.1, 0.15) is 25.5 Å². The summed E-state index contributed by atoms with van der Waals surface area (Å²) < 4.78 is 1.34. The molecule has 0 bridgehead atoms. The summed E-state index contributed by atoms with van der Waals surface area (Å²) in [5.41, 5.74) is 1.23. The van der Waals surface area contributed by atoms with Crippen LogP contribution in [-0.2, 0) is 6.42 Å². The van der Waals surface area contributed by atoms with E-state index in [0.717, 1.165) is 6.42 Å². The molecule has 2 aromatic heterocycles. The van der Waals surface area contributed by atoms with Gasteiger partial charge >= 0.3 is 0 Å². The third kappa shape index (κ3) is 2.58. The number of hydrogen-bond donors (Lipinski definition) is 0. The second kappa shape index (κ2) is 5.08. The number of thiophene rings is 1. The summed E-state index contributed by atoms with van der Waals surface area (Å²) in [5.74, 6) is 0. The lowest BCUT2D eigenvalue weighted by Gasteiger charge is -2.08. The molecule has 0 aliphatic carbocycles. The van der Waals surface area contributed by atoms with Crippen molar-refractivity contribution in [3.05, 3.63) is 29.4 Å². The number of rotatable bonds is 4. The molecule has 1 nitrogen and oxygen atoms in total. The molecule has 0 radical (unpaired) electrons. The first-order chi connectivity index (χ1) is 7.31. The van der Waals surface area contributed by atoms with Crippen molar-refractivity contribution < 1.29 is 0 Å². The van der Waals surface area contributed by atoms with E-state index in [2.05, 4.69) is 45.4 Å². The van der Waals surface area contributed by atoms with Gasteiger partial charge in [-0.1, -0.05) is 29.3 Å². The number of pyridine rings is 1. The van der Waals surface area contributed by atoms with Gasteiger partial charge in [0.1, 0.15) is 0 Å². The second-order valence-electron chi connectivity index (χ2n) is 3.68. The molecule has 0 spiro atoms. The quantitative estimate of drug-likeness (QED) is 0.758. The van der Waals surface area contributed by atoms with Gasteiger partial charge in [-0.05, 0) is 23.9 Å². The number of nitrogens with zero attached hydrogens (tertiary/aromatic N) is 1. The topological polar surface area (TPSA) is 12.9 Å². The van der Waals surface area contributed by atoms with Crippen LogP contribution in [-0.4, -0.2) is 9.81 Å². The molecule has 0 saturated carbocycles. The first-order valence-corrected chi connectivity index (χ1v) is 7.06. The molecule has 2 aromatic rings. The van der Waals surface area contributed by atoms with Crippen molar-refractivity contribution in [1.82, 2.24) is 4.98 Å². The zero-order valence-corrected chi connectivity index (χ0v) is 11.1. The Bertz CT molecular complexity index is 438. The Balaban J connectivity index is 2.23. The minimum absolute atomic E-state index is 0.556. The van der Waals surface area contributed by atoms with Crippen LogP contribution in [0.15, 0.2) is 23.7 Å². The normalized spacial score (nSPS) is 13.2. The maximum atomic E-state index is 4.48. The molecule has 3 heteroatoms. The van der Waals surface area contributed by atoms with Crippen LogP contribution in [0.3, 0.4) is 0 Å². The SMILES string of the molecule is CCCC(Br)Cc1nccc2sccc12. The first kappa shape index (κ1) is 11.1. The van der Waals surface area contributed by atoms with Gasteiger partial charge in [0.25, 0.3) is 0 Å². The lowest BCUT2D eigenvalue weighted by molar-refractivity contribution is 0.737. The smallest absolute Gasteiger partial charge is 0.0501 e. The van der Waals surface area contributed by atoms with Crippen molar-refractivity contribution in [2.75, 3.05) is 0 Å². The zero-order chi connectivity index (χ0) is 10.7. The molecule has 0 aromatic carbocycles. The van der Waals surface area contributed by atoms with Crippen LogP contribution in [0, 0.1) is 0 Å². The van der Waals surface area contributed by atoms with Crippen molar-refractivity contribution >= 4 is 37.4 Å². The van der Waals surface area contributed by atoms with E-state index in [1.807, 2.05) is 6.20 Å². The van der Waals surface area contributed by atoms with Crippen molar-refractivity contribution in [2.45, 2.75) is 31.0 Å². The molecule has 1 unspecified atom stereocenters. The van der Waals surface area contributed by atoms with Crippen molar-refractivity contribution in [3.63, 3.8) is 0 Å². The number of aromatic nitrogens is 1. The molecule has 2 rings (SSSR count). The Morgan fingerprint density at radius 3 is 3.13 bits per heavy atom. The monoisotopic (exact) mass is 283 g/mol. The van der Waals surface area contributed by atoms with Gasteiger partial charge < -0.3 is 0 Å². The summed E-state index contributed by atoms with van der Waals surface area (Å²) in [6.45, 7) is 2.22. The summed E-state index contributed by atoms with van der Waals surface area (Å²) in [6.07, 6.45) is 5.37. The third-order valence-electron chi connectivity index (χ3n) is 2.48. The van der Waals surface area contributed by atoms with Crippen LogP contribution >= 0.6 is 27.3 Å². The van der Waals surface area contributed by atoms with Crippen LogP contribution in [0.5, 0.6) is 0 Å². The predicted octanol–water partition coefficient (Wildman–Crippen LogP) is 4.40. The van der Waals surface area contributed by atoms with E-state index in [0.29, 0.717) is 4.83 Å². The fourth-order valence-corrected chi connectivity index (χ4v) is 3.31. The molecule has 0 aliphatic rings. The number of fused-ring (bicyclic) bond motifs is 1. The lowest BCUT2D eigenvalue weighted by Crippen LogP contribution is -2.03. The molecule has 15 heavy (non-hydrogen) atoms. The summed E-state index contributed by atoms with van der Waals surface area (Å²) in [7, 11) is 0. The van der Waals surface area contributed by atoms with Gasteiger partial charge in [0.2, 0.25) is 0 Å². The van der Waals surface area contributed by atoms with Gasteiger partial charge in [-0.2, -0.15) is 0 Å². The molecule has 0 fully saturated rings. The number of halogens is 1. The largest absolute Gasteiger partial charge is 0.261 e. The van der Waals surface area contributed by atoms with Crippen LogP contribution in [0.4, 0.5) is 0 Å². The molecule has 1 atom stereocenters. The summed E-state index contributed by atoms with van der Waals surface area (Å²) in [6, 6.07) is 4.26. The lowest BCUT2D eigenvalue weighted by atomic mass is 10.1. The van der Waals surface area contributed by atoms with E-state index in [1.165, 1.54) is 28.6 Å².